The van der Waals surface area contributed by atoms with Gasteiger partial charge < -0.3 is 14.5 Å². The van der Waals surface area contributed by atoms with Crippen LogP contribution >= 0.6 is 0 Å². The molecule has 0 aromatic heterocycles. The lowest BCUT2D eigenvalue weighted by Crippen LogP contribution is -2.48. The summed E-state index contributed by atoms with van der Waals surface area (Å²) in [5.41, 5.74) is 0.945. The molecule has 0 aliphatic carbocycles. The van der Waals surface area contributed by atoms with E-state index in [9.17, 15) is 14.0 Å². The summed E-state index contributed by atoms with van der Waals surface area (Å²) >= 11 is 0. The highest BCUT2D eigenvalue weighted by Gasteiger charge is 2.23. The first-order valence-corrected chi connectivity index (χ1v) is 9.22. The van der Waals surface area contributed by atoms with Gasteiger partial charge in [0, 0.05) is 58.7 Å². The number of morpholine rings is 1. The normalized spacial score (nSPS) is 18.8. The molecule has 2 aliphatic heterocycles. The third kappa shape index (κ3) is 5.25. The van der Waals surface area contributed by atoms with Gasteiger partial charge in [0.15, 0.2) is 0 Å². The molecule has 2 amide bonds. The van der Waals surface area contributed by atoms with Crippen LogP contribution in [-0.2, 0) is 20.9 Å². The minimum Gasteiger partial charge on any atom is -0.378 e. The van der Waals surface area contributed by atoms with E-state index in [2.05, 4.69) is 4.90 Å². The van der Waals surface area contributed by atoms with E-state index in [4.69, 9.17) is 4.74 Å². The number of amides is 2. The van der Waals surface area contributed by atoms with E-state index < -0.39 is 0 Å². The second-order valence-electron chi connectivity index (χ2n) is 6.78. The molecule has 142 valence electrons. The third-order valence-corrected chi connectivity index (χ3v) is 4.94. The van der Waals surface area contributed by atoms with Crippen LogP contribution in [0.5, 0.6) is 0 Å². The van der Waals surface area contributed by atoms with Crippen LogP contribution in [0.15, 0.2) is 24.3 Å². The zero-order valence-corrected chi connectivity index (χ0v) is 15.0. The molecule has 0 atom stereocenters. The molecule has 2 aliphatic rings. The van der Waals surface area contributed by atoms with Crippen LogP contribution < -0.4 is 0 Å². The number of hydrogen-bond donors (Lipinski definition) is 0. The van der Waals surface area contributed by atoms with E-state index in [1.807, 2.05) is 11.0 Å². The number of rotatable bonds is 5. The fourth-order valence-electron chi connectivity index (χ4n) is 3.39. The highest BCUT2D eigenvalue weighted by atomic mass is 19.1. The monoisotopic (exact) mass is 363 g/mol. The van der Waals surface area contributed by atoms with Crippen LogP contribution in [0.1, 0.15) is 18.4 Å². The second-order valence-corrected chi connectivity index (χ2v) is 6.78. The molecule has 2 heterocycles. The summed E-state index contributed by atoms with van der Waals surface area (Å²) in [4.78, 5) is 30.3. The standard InChI is InChI=1S/C19H26FN3O3/c20-17-3-1-2-16(14-17)15-21-6-8-22(9-7-21)18(24)4-5-19(25)23-10-12-26-13-11-23/h1-3,14H,4-13,15H2. The second kappa shape index (κ2) is 9.09. The maximum absolute atomic E-state index is 13.3. The molecule has 0 saturated carbocycles. The van der Waals surface area contributed by atoms with Crippen molar-refractivity contribution >= 4 is 11.8 Å². The van der Waals surface area contributed by atoms with Crippen molar-refractivity contribution in [1.82, 2.24) is 14.7 Å². The average Bonchev–Trinajstić information content (AvgIpc) is 2.67. The molecular weight excluding hydrogens is 337 g/mol. The molecule has 0 radical (unpaired) electrons. The van der Waals surface area contributed by atoms with Crippen LogP contribution in [0, 0.1) is 5.82 Å². The van der Waals surface area contributed by atoms with E-state index >= 15 is 0 Å². The van der Waals surface area contributed by atoms with Gasteiger partial charge in [0.25, 0.3) is 0 Å². The summed E-state index contributed by atoms with van der Waals surface area (Å²) in [5, 5.41) is 0. The summed E-state index contributed by atoms with van der Waals surface area (Å²) in [5.74, 6) is -0.148. The van der Waals surface area contributed by atoms with Gasteiger partial charge in [-0.2, -0.15) is 0 Å². The average molecular weight is 363 g/mol. The van der Waals surface area contributed by atoms with Crippen molar-refractivity contribution in [2.75, 3.05) is 52.5 Å². The van der Waals surface area contributed by atoms with Crippen LogP contribution in [0.25, 0.3) is 0 Å². The van der Waals surface area contributed by atoms with Crippen LogP contribution in [0.4, 0.5) is 4.39 Å². The van der Waals surface area contributed by atoms with Crippen molar-refractivity contribution < 1.29 is 18.7 Å². The maximum atomic E-state index is 13.3. The van der Waals surface area contributed by atoms with Crippen molar-refractivity contribution in [3.63, 3.8) is 0 Å². The lowest BCUT2D eigenvalue weighted by molar-refractivity contribution is -0.140. The van der Waals surface area contributed by atoms with Crippen LogP contribution in [-0.4, -0.2) is 79.0 Å². The molecule has 2 saturated heterocycles. The van der Waals surface area contributed by atoms with Crippen molar-refractivity contribution in [3.8, 4) is 0 Å². The number of carbonyl (C=O) groups is 2. The summed E-state index contributed by atoms with van der Waals surface area (Å²) in [6, 6.07) is 6.63. The van der Waals surface area contributed by atoms with Gasteiger partial charge in [-0.05, 0) is 17.7 Å². The fraction of sp³-hybridized carbons (Fsp3) is 0.579. The number of halogens is 1. The fourth-order valence-corrected chi connectivity index (χ4v) is 3.39. The number of benzene rings is 1. The van der Waals surface area contributed by atoms with Gasteiger partial charge in [-0.3, -0.25) is 14.5 Å². The lowest BCUT2D eigenvalue weighted by Gasteiger charge is -2.35. The Morgan fingerprint density at radius 1 is 0.923 bits per heavy atom. The first-order chi connectivity index (χ1) is 12.6. The highest BCUT2D eigenvalue weighted by molar-refractivity contribution is 5.84. The summed E-state index contributed by atoms with van der Waals surface area (Å²) in [6.45, 7) is 5.91. The van der Waals surface area contributed by atoms with E-state index in [-0.39, 0.29) is 30.5 Å². The van der Waals surface area contributed by atoms with E-state index in [1.165, 1.54) is 6.07 Å². The predicted octanol–water partition coefficient (Wildman–Crippen LogP) is 1.11. The smallest absolute Gasteiger partial charge is 0.223 e. The Morgan fingerprint density at radius 2 is 1.54 bits per heavy atom. The molecule has 0 bridgehead atoms. The van der Waals surface area contributed by atoms with Crippen molar-refractivity contribution in [2.45, 2.75) is 19.4 Å². The first-order valence-electron chi connectivity index (χ1n) is 9.22. The largest absolute Gasteiger partial charge is 0.378 e. The highest BCUT2D eigenvalue weighted by Crippen LogP contribution is 2.12. The summed E-state index contributed by atoms with van der Waals surface area (Å²) < 4.78 is 18.5. The number of piperazine rings is 1. The predicted molar refractivity (Wildman–Crippen MR) is 94.9 cm³/mol. The lowest BCUT2D eigenvalue weighted by atomic mass is 10.2. The van der Waals surface area contributed by atoms with Gasteiger partial charge in [0.2, 0.25) is 11.8 Å². The number of nitrogens with zero attached hydrogens (tertiary/aromatic N) is 3. The van der Waals surface area contributed by atoms with Gasteiger partial charge in [-0.1, -0.05) is 12.1 Å². The Balaban J connectivity index is 1.38. The Morgan fingerprint density at radius 3 is 2.15 bits per heavy atom. The Kier molecular flexibility index (Phi) is 6.57. The van der Waals surface area contributed by atoms with Crippen molar-refractivity contribution in [3.05, 3.63) is 35.6 Å². The molecule has 1 aromatic carbocycles. The SMILES string of the molecule is O=C(CCC(=O)N1CCN(Cc2cccc(F)c2)CC1)N1CCOCC1. The molecule has 1 aromatic rings. The molecule has 2 fully saturated rings. The Bertz CT molecular complexity index is 626. The van der Waals surface area contributed by atoms with Crippen LogP contribution in [0.3, 0.4) is 0 Å². The number of carbonyl (C=O) groups excluding carboxylic acids is 2. The summed E-state index contributed by atoms with van der Waals surface area (Å²) in [7, 11) is 0. The Hall–Kier alpha value is -1.99. The van der Waals surface area contributed by atoms with E-state index in [0.29, 0.717) is 45.9 Å². The molecule has 0 unspecified atom stereocenters. The molecular formula is C19H26FN3O3. The minimum atomic E-state index is -0.221. The van der Waals surface area contributed by atoms with Crippen LogP contribution in [0.2, 0.25) is 0 Å². The number of hydrogen-bond acceptors (Lipinski definition) is 4. The Labute approximate surface area is 153 Å². The van der Waals surface area contributed by atoms with E-state index in [1.54, 1.807) is 17.0 Å². The molecule has 0 N–H and O–H groups in total. The molecule has 26 heavy (non-hydrogen) atoms. The van der Waals surface area contributed by atoms with Gasteiger partial charge >= 0.3 is 0 Å². The first kappa shape index (κ1) is 18.8. The van der Waals surface area contributed by atoms with Crippen molar-refractivity contribution in [2.24, 2.45) is 0 Å². The van der Waals surface area contributed by atoms with Gasteiger partial charge in [0.1, 0.15) is 5.82 Å². The molecule has 7 heteroatoms. The zero-order chi connectivity index (χ0) is 18.4. The number of ether oxygens (including phenoxy) is 1. The van der Waals surface area contributed by atoms with E-state index in [0.717, 1.165) is 18.7 Å². The quantitative estimate of drug-likeness (QED) is 0.786. The van der Waals surface area contributed by atoms with Gasteiger partial charge in [-0.25, -0.2) is 4.39 Å². The molecule has 6 nitrogen and oxygen atoms in total. The molecule has 0 spiro atoms. The third-order valence-electron chi connectivity index (χ3n) is 4.94. The molecule has 3 rings (SSSR count). The minimum absolute atomic E-state index is 0.0337. The zero-order valence-electron chi connectivity index (χ0n) is 15.0. The topological polar surface area (TPSA) is 53.1 Å². The van der Waals surface area contributed by atoms with Gasteiger partial charge in [-0.15, -0.1) is 0 Å². The van der Waals surface area contributed by atoms with Crippen molar-refractivity contribution in [1.29, 1.82) is 0 Å². The maximum Gasteiger partial charge on any atom is 0.223 e. The van der Waals surface area contributed by atoms with Gasteiger partial charge in [0.05, 0.1) is 13.2 Å². The summed E-state index contributed by atoms with van der Waals surface area (Å²) in [6.07, 6.45) is 0.530.